The predicted octanol–water partition coefficient (Wildman–Crippen LogP) is 5.37. The van der Waals surface area contributed by atoms with E-state index in [1.165, 1.54) is 12.3 Å². The van der Waals surface area contributed by atoms with E-state index < -0.39 is 17.3 Å². The first-order valence-corrected chi connectivity index (χ1v) is 13.2. The number of piperazine rings is 1. The summed E-state index contributed by atoms with van der Waals surface area (Å²) in [7, 11) is 1.55. The topological polar surface area (TPSA) is 110 Å². The largest absolute Gasteiger partial charge is 0.494 e. The maximum Gasteiger partial charge on any atom is 0.410 e. The van der Waals surface area contributed by atoms with Crippen LogP contribution < -0.4 is 20.7 Å². The average molecular weight is 570 g/mol. The van der Waals surface area contributed by atoms with Crippen molar-refractivity contribution in [2.45, 2.75) is 32.8 Å². The first-order valence-electron chi connectivity index (χ1n) is 12.8. The first-order chi connectivity index (χ1) is 18.9. The standard InChI is InChI=1S/C29H33ClFN5O4/c1-29(2,3)40-28(38)36-12-10-35(11-13-36)19-8-9-23(25(16-19)39-4)34-24-15-18(17-33-26(24)27(32)37)14-20-21(30)6-5-7-22(20)31/h5-9,15-17,34H,10-14H2,1-4H3,(H2,32,37). The highest BCUT2D eigenvalue weighted by atomic mass is 35.5. The Balaban J connectivity index is 1.52. The summed E-state index contributed by atoms with van der Waals surface area (Å²) >= 11 is 6.20. The van der Waals surface area contributed by atoms with Crippen molar-refractivity contribution in [3.63, 3.8) is 0 Å². The van der Waals surface area contributed by atoms with Crippen molar-refractivity contribution in [3.8, 4) is 5.75 Å². The van der Waals surface area contributed by atoms with Crippen LogP contribution in [0.25, 0.3) is 0 Å². The second-order valence-corrected chi connectivity index (χ2v) is 10.9. The van der Waals surface area contributed by atoms with Crippen LogP contribution in [0.2, 0.25) is 5.02 Å². The van der Waals surface area contributed by atoms with Gasteiger partial charge in [-0.15, -0.1) is 0 Å². The van der Waals surface area contributed by atoms with Crippen molar-refractivity contribution in [2.75, 3.05) is 43.5 Å². The van der Waals surface area contributed by atoms with Crippen LogP contribution in [0.3, 0.4) is 0 Å². The minimum absolute atomic E-state index is 0.0350. The van der Waals surface area contributed by atoms with Gasteiger partial charge in [-0.3, -0.25) is 4.79 Å². The van der Waals surface area contributed by atoms with E-state index in [4.69, 9.17) is 26.8 Å². The summed E-state index contributed by atoms with van der Waals surface area (Å²) in [5, 5.41) is 3.50. The summed E-state index contributed by atoms with van der Waals surface area (Å²) in [6.07, 6.45) is 1.34. The Kier molecular flexibility index (Phi) is 8.68. The molecule has 0 bridgehead atoms. The van der Waals surface area contributed by atoms with Gasteiger partial charge in [-0.05, 0) is 56.7 Å². The number of nitrogens with two attached hydrogens (primary N) is 1. The van der Waals surface area contributed by atoms with Crippen molar-refractivity contribution < 1.29 is 23.5 Å². The molecule has 0 saturated carbocycles. The Morgan fingerprint density at radius 1 is 1.10 bits per heavy atom. The lowest BCUT2D eigenvalue weighted by atomic mass is 10.0. The number of ether oxygens (including phenoxy) is 2. The number of benzene rings is 2. The molecule has 2 heterocycles. The van der Waals surface area contributed by atoms with Crippen molar-refractivity contribution in [2.24, 2.45) is 5.73 Å². The van der Waals surface area contributed by atoms with Crippen LogP contribution in [0.5, 0.6) is 5.75 Å². The highest BCUT2D eigenvalue weighted by Crippen LogP contribution is 2.34. The molecule has 3 aromatic rings. The van der Waals surface area contributed by atoms with E-state index in [0.717, 1.165) is 5.69 Å². The Bertz CT molecular complexity index is 1380. The maximum absolute atomic E-state index is 14.4. The number of hydrogen-bond donors (Lipinski definition) is 2. The lowest BCUT2D eigenvalue weighted by Gasteiger charge is -2.37. The van der Waals surface area contributed by atoms with E-state index in [2.05, 4.69) is 15.2 Å². The van der Waals surface area contributed by atoms with Gasteiger partial charge in [-0.25, -0.2) is 14.2 Å². The molecule has 3 N–H and O–H groups in total. The normalized spacial score (nSPS) is 13.7. The zero-order valence-corrected chi connectivity index (χ0v) is 23.7. The Morgan fingerprint density at radius 2 is 1.82 bits per heavy atom. The monoisotopic (exact) mass is 569 g/mol. The number of carbonyl (C=O) groups excluding carboxylic acids is 2. The van der Waals surface area contributed by atoms with Gasteiger partial charge in [-0.1, -0.05) is 17.7 Å². The molecule has 1 aromatic heterocycles. The van der Waals surface area contributed by atoms with Gasteiger partial charge in [0.05, 0.1) is 18.5 Å². The van der Waals surface area contributed by atoms with Gasteiger partial charge < -0.3 is 30.3 Å². The molecule has 4 rings (SSSR count). The molecule has 40 heavy (non-hydrogen) atoms. The number of anilines is 3. The lowest BCUT2D eigenvalue weighted by Crippen LogP contribution is -2.50. The second kappa shape index (κ2) is 12.0. The van der Waals surface area contributed by atoms with Crippen LogP contribution in [-0.2, 0) is 11.2 Å². The fourth-order valence-corrected chi connectivity index (χ4v) is 4.63. The van der Waals surface area contributed by atoms with Crippen LogP contribution >= 0.6 is 11.6 Å². The minimum atomic E-state index is -0.712. The van der Waals surface area contributed by atoms with Crippen LogP contribution in [-0.4, -0.2) is 60.8 Å². The molecular formula is C29H33ClFN5O4. The van der Waals surface area contributed by atoms with Gasteiger partial charge in [0.2, 0.25) is 0 Å². The second-order valence-electron chi connectivity index (χ2n) is 10.4. The van der Waals surface area contributed by atoms with E-state index in [-0.39, 0.29) is 18.2 Å². The van der Waals surface area contributed by atoms with Gasteiger partial charge in [0, 0.05) is 61.1 Å². The zero-order chi connectivity index (χ0) is 29.0. The van der Waals surface area contributed by atoms with Gasteiger partial charge in [-0.2, -0.15) is 0 Å². The summed E-state index contributed by atoms with van der Waals surface area (Å²) in [5.74, 6) is -0.605. The number of nitrogens with zero attached hydrogens (tertiary/aromatic N) is 3. The number of hydrogen-bond acceptors (Lipinski definition) is 7. The molecule has 0 unspecified atom stereocenters. The average Bonchev–Trinajstić information content (AvgIpc) is 2.90. The van der Waals surface area contributed by atoms with E-state index in [1.54, 1.807) is 30.2 Å². The molecule has 0 atom stereocenters. The summed E-state index contributed by atoms with van der Waals surface area (Å²) in [6.45, 7) is 7.87. The number of primary amides is 1. The minimum Gasteiger partial charge on any atom is -0.494 e. The van der Waals surface area contributed by atoms with Gasteiger partial charge in [0.15, 0.2) is 5.69 Å². The van der Waals surface area contributed by atoms with Gasteiger partial charge in [0.25, 0.3) is 5.91 Å². The molecule has 1 fully saturated rings. The van der Waals surface area contributed by atoms with Crippen molar-refractivity contribution in [1.29, 1.82) is 0 Å². The number of amides is 2. The molecule has 0 radical (unpaired) electrons. The molecule has 9 nitrogen and oxygen atoms in total. The quantitative estimate of drug-likeness (QED) is 0.393. The number of halogens is 2. The van der Waals surface area contributed by atoms with Crippen molar-refractivity contribution in [3.05, 3.63) is 76.3 Å². The number of pyridine rings is 1. The number of aromatic nitrogens is 1. The molecule has 0 aliphatic carbocycles. The highest BCUT2D eigenvalue weighted by Gasteiger charge is 2.26. The van der Waals surface area contributed by atoms with Gasteiger partial charge in [0.1, 0.15) is 17.2 Å². The third kappa shape index (κ3) is 6.93. The molecule has 2 aromatic carbocycles. The van der Waals surface area contributed by atoms with Crippen LogP contribution in [0, 0.1) is 5.82 Å². The van der Waals surface area contributed by atoms with E-state index in [0.29, 0.717) is 59.5 Å². The van der Waals surface area contributed by atoms with Crippen molar-refractivity contribution >= 4 is 40.7 Å². The third-order valence-electron chi connectivity index (χ3n) is 6.37. The smallest absolute Gasteiger partial charge is 0.410 e. The van der Waals surface area contributed by atoms with Crippen molar-refractivity contribution in [1.82, 2.24) is 9.88 Å². The fourth-order valence-electron chi connectivity index (χ4n) is 4.40. The lowest BCUT2D eigenvalue weighted by molar-refractivity contribution is 0.0240. The van der Waals surface area contributed by atoms with Crippen LogP contribution in [0.1, 0.15) is 42.4 Å². The Hall–Kier alpha value is -4.05. The number of nitrogens with one attached hydrogen (secondary N) is 1. The number of carbonyl (C=O) groups is 2. The number of methoxy groups -OCH3 is 1. The molecule has 212 valence electrons. The van der Waals surface area contributed by atoms with Crippen LogP contribution in [0.15, 0.2) is 48.7 Å². The van der Waals surface area contributed by atoms with E-state index in [1.807, 2.05) is 39.0 Å². The summed E-state index contributed by atoms with van der Waals surface area (Å²) in [5.41, 5.74) is 7.90. The number of rotatable bonds is 7. The fraction of sp³-hybridized carbons (Fsp3) is 0.345. The molecule has 1 saturated heterocycles. The molecule has 1 aliphatic rings. The first kappa shape index (κ1) is 28.9. The summed E-state index contributed by atoms with van der Waals surface area (Å²) < 4.78 is 25.5. The molecule has 2 amide bonds. The van der Waals surface area contributed by atoms with E-state index in [9.17, 15) is 14.0 Å². The molecule has 11 heteroatoms. The third-order valence-corrected chi connectivity index (χ3v) is 6.73. The Morgan fingerprint density at radius 3 is 2.45 bits per heavy atom. The summed E-state index contributed by atoms with van der Waals surface area (Å²) in [4.78, 5) is 32.6. The Labute approximate surface area is 238 Å². The SMILES string of the molecule is COc1cc(N2CCN(C(=O)OC(C)(C)C)CC2)ccc1Nc1cc(Cc2c(F)cccc2Cl)cnc1C(N)=O. The maximum atomic E-state index is 14.4. The highest BCUT2D eigenvalue weighted by molar-refractivity contribution is 6.31. The predicted molar refractivity (Wildman–Crippen MR) is 153 cm³/mol. The summed E-state index contributed by atoms with van der Waals surface area (Å²) in [6, 6.07) is 11.8. The molecule has 1 aliphatic heterocycles. The van der Waals surface area contributed by atoms with Gasteiger partial charge >= 0.3 is 6.09 Å². The molecule has 0 spiro atoms. The molecular weight excluding hydrogens is 537 g/mol. The van der Waals surface area contributed by atoms with E-state index >= 15 is 0 Å². The van der Waals surface area contributed by atoms with Crippen LogP contribution in [0.4, 0.5) is 26.2 Å². The zero-order valence-electron chi connectivity index (χ0n) is 23.0.